The van der Waals surface area contributed by atoms with Gasteiger partial charge >= 0.3 is 0 Å². The molecule has 0 saturated heterocycles. The molecule has 2 aliphatic carbocycles. The second kappa shape index (κ2) is 11.5. The second-order valence-electron chi connectivity index (χ2n) is 14.0. The molecule has 230 valence electrons. The Morgan fingerprint density at radius 2 is 1.68 bits per heavy atom. The van der Waals surface area contributed by atoms with Crippen LogP contribution in [0.3, 0.4) is 0 Å². The summed E-state index contributed by atoms with van der Waals surface area (Å²) in [6.07, 6.45) is 8.22. The standard InChI is InChI=1S/C38H46N4O2/c1-24-19-25(2)35(26(3)20-24)41-36(44)38(16-10-7-11-17-38)42(23-28-13-12-18-39-22-28)32(43)21-30-34(37(30,5)6)33-27(4)40-31-15-9-8-14-29(31)33/h8-9,12-15,18-20,22,30,34,40H,7,10-11,16-17,21,23H2,1-6H3,(H,41,44)/t30-,34+/m0/s1. The number of rotatable bonds is 8. The fourth-order valence-corrected chi connectivity index (χ4v) is 8.21. The lowest BCUT2D eigenvalue weighted by molar-refractivity contribution is -0.149. The van der Waals surface area contributed by atoms with Gasteiger partial charge in [-0.05, 0) is 92.2 Å². The topological polar surface area (TPSA) is 78.1 Å². The summed E-state index contributed by atoms with van der Waals surface area (Å²) >= 11 is 0. The number of aromatic nitrogens is 2. The number of pyridine rings is 1. The third kappa shape index (κ3) is 5.33. The highest BCUT2D eigenvalue weighted by Crippen LogP contribution is 2.67. The van der Waals surface area contributed by atoms with E-state index in [1.807, 2.05) is 37.1 Å². The molecule has 0 spiro atoms. The van der Waals surface area contributed by atoms with E-state index in [4.69, 9.17) is 0 Å². The minimum atomic E-state index is -0.916. The van der Waals surface area contributed by atoms with Crippen LogP contribution in [0.4, 0.5) is 5.69 Å². The van der Waals surface area contributed by atoms with E-state index in [1.165, 1.54) is 22.2 Å². The number of para-hydroxylation sites is 1. The molecule has 4 aromatic rings. The van der Waals surface area contributed by atoms with E-state index in [0.717, 1.165) is 47.2 Å². The van der Waals surface area contributed by atoms with Crippen LogP contribution in [0.25, 0.3) is 10.9 Å². The Morgan fingerprint density at radius 1 is 0.977 bits per heavy atom. The lowest BCUT2D eigenvalue weighted by Crippen LogP contribution is -2.59. The highest BCUT2D eigenvalue weighted by molar-refractivity contribution is 6.01. The highest BCUT2D eigenvalue weighted by Gasteiger charge is 2.60. The molecular weight excluding hydrogens is 544 g/mol. The number of aryl methyl sites for hydroxylation is 4. The van der Waals surface area contributed by atoms with Gasteiger partial charge in [-0.3, -0.25) is 14.6 Å². The second-order valence-corrected chi connectivity index (χ2v) is 14.0. The van der Waals surface area contributed by atoms with E-state index < -0.39 is 5.54 Å². The van der Waals surface area contributed by atoms with Crippen LogP contribution in [0.2, 0.25) is 0 Å². The lowest BCUT2D eigenvalue weighted by Gasteiger charge is -2.45. The number of nitrogens with one attached hydrogen (secondary N) is 2. The molecule has 2 heterocycles. The summed E-state index contributed by atoms with van der Waals surface area (Å²) in [5.41, 5.74) is 7.78. The van der Waals surface area contributed by atoms with Crippen molar-refractivity contribution in [3.63, 3.8) is 0 Å². The van der Waals surface area contributed by atoms with E-state index in [1.54, 1.807) is 6.20 Å². The maximum atomic E-state index is 14.7. The van der Waals surface area contributed by atoms with Gasteiger partial charge in [-0.2, -0.15) is 0 Å². The molecular formula is C38H46N4O2. The summed E-state index contributed by atoms with van der Waals surface area (Å²) in [6.45, 7) is 13.3. The maximum Gasteiger partial charge on any atom is 0.250 e. The van der Waals surface area contributed by atoms with Crippen molar-refractivity contribution in [1.82, 2.24) is 14.9 Å². The largest absolute Gasteiger partial charge is 0.358 e. The molecule has 0 radical (unpaired) electrons. The average Bonchev–Trinajstić information content (AvgIpc) is 3.34. The van der Waals surface area contributed by atoms with Crippen LogP contribution in [-0.4, -0.2) is 32.2 Å². The Kier molecular flexibility index (Phi) is 7.89. The molecule has 2 N–H and O–H groups in total. The maximum absolute atomic E-state index is 14.7. The molecule has 2 saturated carbocycles. The van der Waals surface area contributed by atoms with Gasteiger partial charge in [0.25, 0.3) is 0 Å². The summed E-state index contributed by atoms with van der Waals surface area (Å²) in [4.78, 5) is 39.1. The third-order valence-corrected chi connectivity index (χ3v) is 10.6. The van der Waals surface area contributed by atoms with Gasteiger partial charge in [0, 0.05) is 47.6 Å². The molecule has 0 unspecified atom stereocenters. The number of carbonyl (C=O) groups excluding carboxylic acids is 2. The zero-order valence-electron chi connectivity index (χ0n) is 27.1. The fourth-order valence-electron chi connectivity index (χ4n) is 8.21. The van der Waals surface area contributed by atoms with Gasteiger partial charge in [-0.15, -0.1) is 0 Å². The van der Waals surface area contributed by atoms with Crippen molar-refractivity contribution in [2.45, 2.75) is 98.1 Å². The quantitative estimate of drug-likeness (QED) is 0.217. The zero-order chi connectivity index (χ0) is 31.2. The number of H-pyrrole nitrogens is 1. The number of fused-ring (bicyclic) bond motifs is 1. The Morgan fingerprint density at radius 3 is 2.36 bits per heavy atom. The smallest absolute Gasteiger partial charge is 0.250 e. The SMILES string of the molecule is Cc1cc(C)c(NC(=O)C2(N(Cc3cccnc3)C(=O)C[C@H]3[C@H](c4c(C)[nH]c5ccccc45)C3(C)C)CCCCC2)c(C)c1. The molecule has 2 aromatic heterocycles. The van der Waals surface area contributed by atoms with Gasteiger partial charge in [0.05, 0.1) is 0 Å². The van der Waals surface area contributed by atoms with Crippen molar-refractivity contribution in [3.05, 3.63) is 94.4 Å². The highest BCUT2D eigenvalue weighted by atomic mass is 16.2. The van der Waals surface area contributed by atoms with Gasteiger partial charge < -0.3 is 15.2 Å². The number of nitrogens with zero attached hydrogens (tertiary/aromatic N) is 2. The number of amides is 2. The summed E-state index contributed by atoms with van der Waals surface area (Å²) in [6, 6.07) is 16.6. The van der Waals surface area contributed by atoms with Crippen LogP contribution in [-0.2, 0) is 16.1 Å². The summed E-state index contributed by atoms with van der Waals surface area (Å²) in [7, 11) is 0. The van der Waals surface area contributed by atoms with E-state index in [2.05, 4.69) is 79.4 Å². The fraction of sp³-hybridized carbons (Fsp3) is 0.447. The van der Waals surface area contributed by atoms with E-state index in [9.17, 15) is 9.59 Å². The normalized spacial score (nSPS) is 20.3. The van der Waals surface area contributed by atoms with Crippen LogP contribution in [0, 0.1) is 39.0 Å². The molecule has 6 rings (SSSR count). The molecule has 44 heavy (non-hydrogen) atoms. The minimum absolute atomic E-state index is 0.0243. The molecule has 0 bridgehead atoms. The van der Waals surface area contributed by atoms with Gasteiger partial charge in [0.1, 0.15) is 5.54 Å². The molecule has 0 aliphatic heterocycles. The third-order valence-electron chi connectivity index (χ3n) is 10.6. The van der Waals surface area contributed by atoms with Crippen molar-refractivity contribution in [1.29, 1.82) is 0 Å². The van der Waals surface area contributed by atoms with Gasteiger partial charge in [0.2, 0.25) is 11.8 Å². The molecule has 2 amide bonds. The van der Waals surface area contributed by atoms with Gasteiger partial charge in [0.15, 0.2) is 0 Å². The monoisotopic (exact) mass is 590 g/mol. The van der Waals surface area contributed by atoms with Crippen molar-refractivity contribution in [3.8, 4) is 0 Å². The number of aromatic amines is 1. The van der Waals surface area contributed by atoms with Gasteiger partial charge in [-0.1, -0.05) is 75.1 Å². The summed E-state index contributed by atoms with van der Waals surface area (Å²) in [5, 5.41) is 4.58. The summed E-state index contributed by atoms with van der Waals surface area (Å²) < 4.78 is 0. The number of hydrogen-bond donors (Lipinski definition) is 2. The molecule has 6 heteroatoms. The average molecular weight is 591 g/mol. The van der Waals surface area contributed by atoms with Gasteiger partial charge in [-0.25, -0.2) is 0 Å². The minimum Gasteiger partial charge on any atom is -0.358 e. The predicted molar refractivity (Wildman–Crippen MR) is 178 cm³/mol. The lowest BCUT2D eigenvalue weighted by atomic mass is 9.78. The molecule has 2 aliphatic rings. The first-order valence-corrected chi connectivity index (χ1v) is 16.2. The summed E-state index contributed by atoms with van der Waals surface area (Å²) in [5.74, 6) is 0.455. The zero-order valence-corrected chi connectivity index (χ0v) is 27.1. The number of hydrogen-bond acceptors (Lipinski definition) is 3. The van der Waals surface area contributed by atoms with Crippen molar-refractivity contribution in [2.75, 3.05) is 5.32 Å². The molecule has 2 atom stereocenters. The Bertz CT molecular complexity index is 1670. The predicted octanol–water partition coefficient (Wildman–Crippen LogP) is 8.30. The first kappa shape index (κ1) is 30.1. The number of anilines is 1. The van der Waals surface area contributed by atoms with E-state index in [-0.39, 0.29) is 29.1 Å². The van der Waals surface area contributed by atoms with Crippen LogP contribution < -0.4 is 5.32 Å². The Labute approximate surface area is 261 Å². The number of carbonyl (C=O) groups is 2. The Balaban J connectivity index is 1.35. The van der Waals surface area contributed by atoms with E-state index in [0.29, 0.717) is 25.8 Å². The van der Waals surface area contributed by atoms with Crippen LogP contribution in [0.15, 0.2) is 60.9 Å². The first-order valence-electron chi connectivity index (χ1n) is 16.2. The molecule has 2 aromatic carbocycles. The van der Waals surface area contributed by atoms with Crippen molar-refractivity contribution < 1.29 is 9.59 Å². The van der Waals surface area contributed by atoms with Crippen LogP contribution in [0.1, 0.15) is 91.8 Å². The van der Waals surface area contributed by atoms with Crippen molar-refractivity contribution in [2.24, 2.45) is 11.3 Å². The van der Waals surface area contributed by atoms with Crippen LogP contribution >= 0.6 is 0 Å². The van der Waals surface area contributed by atoms with Crippen molar-refractivity contribution >= 4 is 28.4 Å². The Hall–Kier alpha value is -3.93. The van der Waals surface area contributed by atoms with Crippen LogP contribution in [0.5, 0.6) is 0 Å². The van der Waals surface area contributed by atoms with E-state index >= 15 is 0 Å². The molecule has 2 fully saturated rings. The first-order chi connectivity index (χ1) is 21.0. The number of benzene rings is 2. The molecule has 6 nitrogen and oxygen atoms in total.